The third-order valence-corrected chi connectivity index (χ3v) is 9.04. The molecule has 2 N–H and O–H groups in total. The van der Waals surface area contributed by atoms with E-state index in [-0.39, 0.29) is 11.7 Å². The van der Waals surface area contributed by atoms with Crippen LogP contribution in [0.4, 0.5) is 0 Å². The fraction of sp³-hybridized carbons (Fsp3) is 0.316. The van der Waals surface area contributed by atoms with E-state index in [0.717, 1.165) is 44.5 Å². The standard InChI is InChI=1S/C38H41NO4/c1-38(2,37(42)43)31-20-18-28(19-21-31)33(40)17-10-24-39-25-22-27(23-26-39)32-15-9-16-34(41)36(32)35(29-11-5-3-6-12-29)30-13-7-4-8-14-30/h3-9,11-16,18-21,27,35,41H,10,17,22-26H2,1-2H3,(H,42,43). The van der Waals surface area contributed by atoms with Crippen molar-refractivity contribution in [2.75, 3.05) is 19.6 Å². The number of carboxylic acid groups (broad SMARTS) is 1. The second-order valence-electron chi connectivity index (χ2n) is 12.2. The highest BCUT2D eigenvalue weighted by Gasteiger charge is 2.30. The summed E-state index contributed by atoms with van der Waals surface area (Å²) in [6.45, 7) is 6.11. The van der Waals surface area contributed by atoms with Gasteiger partial charge in [0.2, 0.25) is 0 Å². The first-order chi connectivity index (χ1) is 20.8. The predicted molar refractivity (Wildman–Crippen MR) is 171 cm³/mol. The second-order valence-corrected chi connectivity index (χ2v) is 12.2. The Balaban J connectivity index is 1.22. The number of aromatic hydroxyl groups is 1. The third-order valence-electron chi connectivity index (χ3n) is 9.04. The van der Waals surface area contributed by atoms with Crippen LogP contribution in [-0.4, -0.2) is 46.5 Å². The minimum Gasteiger partial charge on any atom is -0.508 e. The highest BCUT2D eigenvalue weighted by Crippen LogP contribution is 2.43. The number of likely N-dealkylation sites (tertiary alicyclic amines) is 1. The number of nitrogens with zero attached hydrogens (tertiary/aromatic N) is 1. The molecule has 4 aromatic rings. The van der Waals surface area contributed by atoms with E-state index < -0.39 is 11.4 Å². The third kappa shape index (κ3) is 6.89. The summed E-state index contributed by atoms with van der Waals surface area (Å²) < 4.78 is 0. The number of carbonyl (C=O) groups excluding carboxylic acids is 1. The van der Waals surface area contributed by atoms with E-state index in [2.05, 4.69) is 59.5 Å². The van der Waals surface area contributed by atoms with E-state index in [4.69, 9.17) is 0 Å². The molecular weight excluding hydrogens is 534 g/mol. The second kappa shape index (κ2) is 13.4. The SMILES string of the molecule is CC(C)(C(=O)O)c1ccc(C(=O)CCCN2CCC(c3cccc(O)c3C(c3ccccc3)c3ccccc3)CC2)cc1. The first kappa shape index (κ1) is 30.2. The molecule has 1 fully saturated rings. The largest absolute Gasteiger partial charge is 0.508 e. The average molecular weight is 576 g/mol. The van der Waals surface area contributed by atoms with Crippen LogP contribution >= 0.6 is 0 Å². The maximum atomic E-state index is 12.8. The van der Waals surface area contributed by atoms with Crippen LogP contribution in [0.3, 0.4) is 0 Å². The molecule has 0 radical (unpaired) electrons. The van der Waals surface area contributed by atoms with Gasteiger partial charge in [0.1, 0.15) is 5.75 Å². The number of piperidine rings is 1. The van der Waals surface area contributed by atoms with Gasteiger partial charge in [0.05, 0.1) is 5.41 Å². The molecular formula is C38H41NO4. The zero-order valence-corrected chi connectivity index (χ0v) is 25.1. The van der Waals surface area contributed by atoms with Gasteiger partial charge in [-0.25, -0.2) is 0 Å². The molecule has 1 aliphatic rings. The Labute approximate surface area is 254 Å². The van der Waals surface area contributed by atoms with Gasteiger partial charge in [-0.1, -0.05) is 97.1 Å². The lowest BCUT2D eigenvalue weighted by atomic mass is 9.77. The highest BCUT2D eigenvalue weighted by atomic mass is 16.4. The fourth-order valence-corrected chi connectivity index (χ4v) is 6.33. The number of phenolic OH excluding ortho intramolecular Hbond substituents is 1. The molecule has 222 valence electrons. The quantitative estimate of drug-likeness (QED) is 0.141. The number of phenols is 1. The van der Waals surface area contributed by atoms with Crippen LogP contribution in [0.1, 0.15) is 89.5 Å². The van der Waals surface area contributed by atoms with E-state index in [9.17, 15) is 19.8 Å². The van der Waals surface area contributed by atoms with Crippen molar-refractivity contribution in [1.29, 1.82) is 0 Å². The summed E-state index contributed by atoms with van der Waals surface area (Å²) in [6.07, 6.45) is 3.25. The Morgan fingerprint density at radius 1 is 0.814 bits per heavy atom. The van der Waals surface area contributed by atoms with Crippen LogP contribution in [0, 0.1) is 0 Å². The Hall–Kier alpha value is -4.22. The molecule has 0 atom stereocenters. The van der Waals surface area contributed by atoms with E-state index in [1.807, 2.05) is 24.3 Å². The minimum absolute atomic E-state index is 0.0492. The van der Waals surface area contributed by atoms with Crippen LogP contribution in [-0.2, 0) is 10.2 Å². The highest BCUT2D eigenvalue weighted by molar-refractivity contribution is 5.96. The molecule has 1 heterocycles. The minimum atomic E-state index is -0.989. The van der Waals surface area contributed by atoms with Gasteiger partial charge in [-0.3, -0.25) is 9.59 Å². The van der Waals surface area contributed by atoms with Gasteiger partial charge in [0.15, 0.2) is 5.78 Å². The van der Waals surface area contributed by atoms with E-state index in [0.29, 0.717) is 29.2 Å². The van der Waals surface area contributed by atoms with Crippen molar-refractivity contribution in [2.24, 2.45) is 0 Å². The van der Waals surface area contributed by atoms with Crippen LogP contribution in [0.5, 0.6) is 5.75 Å². The van der Waals surface area contributed by atoms with E-state index >= 15 is 0 Å². The number of rotatable bonds is 11. The van der Waals surface area contributed by atoms with Crippen molar-refractivity contribution >= 4 is 11.8 Å². The Bertz CT molecular complexity index is 1480. The molecule has 5 nitrogen and oxygen atoms in total. The van der Waals surface area contributed by atoms with Crippen molar-refractivity contribution in [3.05, 3.63) is 137 Å². The van der Waals surface area contributed by atoms with E-state index in [1.54, 1.807) is 38.1 Å². The van der Waals surface area contributed by atoms with Crippen molar-refractivity contribution in [3.8, 4) is 5.75 Å². The number of benzene rings is 4. The molecule has 0 spiro atoms. The smallest absolute Gasteiger partial charge is 0.313 e. The van der Waals surface area contributed by atoms with Gasteiger partial charge in [0, 0.05) is 23.5 Å². The molecule has 4 aromatic carbocycles. The summed E-state index contributed by atoms with van der Waals surface area (Å²) in [6, 6.07) is 33.8. The van der Waals surface area contributed by atoms with Gasteiger partial charge in [-0.15, -0.1) is 0 Å². The summed E-state index contributed by atoms with van der Waals surface area (Å²) >= 11 is 0. The van der Waals surface area contributed by atoms with Gasteiger partial charge >= 0.3 is 5.97 Å². The van der Waals surface area contributed by atoms with Crippen LogP contribution < -0.4 is 0 Å². The molecule has 5 heteroatoms. The van der Waals surface area contributed by atoms with Crippen molar-refractivity contribution in [2.45, 2.75) is 56.8 Å². The number of hydrogen-bond acceptors (Lipinski definition) is 4. The normalized spacial score (nSPS) is 14.6. The van der Waals surface area contributed by atoms with Gasteiger partial charge < -0.3 is 15.1 Å². The Morgan fingerprint density at radius 2 is 1.40 bits per heavy atom. The predicted octanol–water partition coefficient (Wildman–Crippen LogP) is 7.78. The first-order valence-electron chi connectivity index (χ1n) is 15.3. The van der Waals surface area contributed by atoms with Crippen LogP contribution in [0.25, 0.3) is 0 Å². The number of ketones is 1. The molecule has 5 rings (SSSR count). The monoisotopic (exact) mass is 575 g/mol. The molecule has 1 aliphatic heterocycles. The van der Waals surface area contributed by atoms with Crippen molar-refractivity contribution in [3.63, 3.8) is 0 Å². The number of carboxylic acids is 1. The summed E-state index contributed by atoms with van der Waals surface area (Å²) in [4.78, 5) is 26.8. The Morgan fingerprint density at radius 3 is 1.95 bits per heavy atom. The van der Waals surface area contributed by atoms with Crippen LogP contribution in [0.15, 0.2) is 103 Å². The maximum Gasteiger partial charge on any atom is 0.313 e. The lowest BCUT2D eigenvalue weighted by Gasteiger charge is -2.34. The molecule has 0 saturated carbocycles. The van der Waals surface area contributed by atoms with Gasteiger partial charge in [-0.05, 0) is 87.0 Å². The average Bonchev–Trinajstić information content (AvgIpc) is 3.03. The number of hydrogen-bond donors (Lipinski definition) is 2. The summed E-state index contributed by atoms with van der Waals surface area (Å²) in [5.74, 6) is -0.152. The maximum absolute atomic E-state index is 12.8. The molecule has 0 aromatic heterocycles. The molecule has 0 bridgehead atoms. The van der Waals surface area contributed by atoms with Gasteiger partial charge in [-0.2, -0.15) is 0 Å². The zero-order chi connectivity index (χ0) is 30.4. The summed E-state index contributed by atoms with van der Waals surface area (Å²) in [5, 5.41) is 20.7. The first-order valence-corrected chi connectivity index (χ1v) is 15.3. The van der Waals surface area contributed by atoms with Crippen molar-refractivity contribution in [1.82, 2.24) is 4.90 Å². The van der Waals surface area contributed by atoms with Crippen LogP contribution in [0.2, 0.25) is 0 Å². The van der Waals surface area contributed by atoms with Crippen molar-refractivity contribution < 1.29 is 19.8 Å². The fourth-order valence-electron chi connectivity index (χ4n) is 6.33. The summed E-state index contributed by atoms with van der Waals surface area (Å²) in [7, 11) is 0. The van der Waals surface area contributed by atoms with Gasteiger partial charge in [0.25, 0.3) is 0 Å². The Kier molecular flexibility index (Phi) is 9.42. The number of Topliss-reactive ketones (excluding diaryl/α,β-unsaturated/α-hetero) is 1. The zero-order valence-electron chi connectivity index (χ0n) is 25.1. The number of aliphatic carboxylic acids is 1. The summed E-state index contributed by atoms with van der Waals surface area (Å²) in [5.41, 5.74) is 4.89. The van der Waals surface area contributed by atoms with E-state index in [1.165, 1.54) is 16.7 Å². The molecule has 0 unspecified atom stereocenters. The molecule has 0 amide bonds. The topological polar surface area (TPSA) is 77.8 Å². The lowest BCUT2D eigenvalue weighted by molar-refractivity contribution is -0.142. The molecule has 43 heavy (non-hydrogen) atoms. The molecule has 1 saturated heterocycles. The number of carbonyl (C=O) groups is 2. The molecule has 0 aliphatic carbocycles. The lowest BCUT2D eigenvalue weighted by Crippen LogP contribution is -2.34.